The third-order valence-electron chi connectivity index (χ3n) is 2.74. The first-order chi connectivity index (χ1) is 10.6. The van der Waals surface area contributed by atoms with Gasteiger partial charge in [0.1, 0.15) is 0 Å². The largest absolute Gasteiger partial charge is 0.466 e. The number of carbonyl (C=O) groups is 3. The van der Waals surface area contributed by atoms with Crippen LogP contribution in [0.25, 0.3) is 0 Å². The highest BCUT2D eigenvalue weighted by atomic mass is 16.6. The molecular weight excluding hydrogens is 288 g/mol. The van der Waals surface area contributed by atoms with Crippen LogP contribution in [0.2, 0.25) is 0 Å². The Hall–Kier alpha value is -1.85. The number of esters is 3. The van der Waals surface area contributed by atoms with Gasteiger partial charge < -0.3 is 14.2 Å². The minimum Gasteiger partial charge on any atom is -0.466 e. The molecule has 22 heavy (non-hydrogen) atoms. The summed E-state index contributed by atoms with van der Waals surface area (Å²) >= 11 is 0. The second kappa shape index (κ2) is 12.9. The molecule has 0 bridgehead atoms. The summed E-state index contributed by atoms with van der Waals surface area (Å²) in [7, 11) is 0. The highest BCUT2D eigenvalue weighted by molar-refractivity contribution is 5.95. The quantitative estimate of drug-likeness (QED) is 0.192. The Bertz CT molecular complexity index is 357. The SMILES string of the molecule is CCOC(=O)CCCC=CCC(C(=O)OCC)C(=O)OCC. The fourth-order valence-corrected chi connectivity index (χ4v) is 1.72. The summed E-state index contributed by atoms with van der Waals surface area (Å²) in [5.74, 6) is -2.29. The Kier molecular flexibility index (Phi) is 11.8. The number of rotatable bonds is 11. The van der Waals surface area contributed by atoms with E-state index in [2.05, 4.69) is 0 Å². The van der Waals surface area contributed by atoms with Gasteiger partial charge in [-0.25, -0.2) is 0 Å². The smallest absolute Gasteiger partial charge is 0.320 e. The van der Waals surface area contributed by atoms with Crippen LogP contribution in [0.4, 0.5) is 0 Å². The van der Waals surface area contributed by atoms with Gasteiger partial charge in [-0.2, -0.15) is 0 Å². The second-order valence-corrected chi connectivity index (χ2v) is 4.46. The lowest BCUT2D eigenvalue weighted by molar-refractivity contribution is -0.161. The number of ether oxygens (including phenoxy) is 3. The molecule has 0 amide bonds. The molecule has 0 aromatic rings. The monoisotopic (exact) mass is 314 g/mol. The highest BCUT2D eigenvalue weighted by Crippen LogP contribution is 2.11. The number of hydrogen-bond acceptors (Lipinski definition) is 6. The zero-order valence-corrected chi connectivity index (χ0v) is 13.6. The van der Waals surface area contributed by atoms with Crippen LogP contribution in [-0.2, 0) is 28.6 Å². The molecule has 0 aromatic heterocycles. The van der Waals surface area contributed by atoms with Crippen molar-refractivity contribution in [2.45, 2.75) is 46.5 Å². The van der Waals surface area contributed by atoms with Gasteiger partial charge in [-0.1, -0.05) is 12.2 Å². The topological polar surface area (TPSA) is 78.9 Å². The number of unbranched alkanes of at least 4 members (excludes halogenated alkanes) is 1. The Morgan fingerprint density at radius 3 is 1.91 bits per heavy atom. The van der Waals surface area contributed by atoms with Crippen molar-refractivity contribution in [3.8, 4) is 0 Å². The van der Waals surface area contributed by atoms with Crippen LogP contribution in [0, 0.1) is 5.92 Å². The van der Waals surface area contributed by atoms with Gasteiger partial charge in [-0.05, 0) is 40.0 Å². The molecule has 0 atom stereocenters. The maximum atomic E-state index is 11.7. The van der Waals surface area contributed by atoms with Crippen molar-refractivity contribution in [1.29, 1.82) is 0 Å². The van der Waals surface area contributed by atoms with E-state index in [1.54, 1.807) is 26.8 Å². The molecule has 0 N–H and O–H groups in total. The predicted molar refractivity (Wildman–Crippen MR) is 81.0 cm³/mol. The molecule has 0 saturated carbocycles. The molecule has 0 heterocycles. The first-order valence-corrected chi connectivity index (χ1v) is 7.70. The fraction of sp³-hybridized carbons (Fsp3) is 0.688. The molecule has 0 rings (SSSR count). The summed E-state index contributed by atoms with van der Waals surface area (Å²) in [6.45, 7) is 5.96. The molecule has 6 heteroatoms. The lowest BCUT2D eigenvalue weighted by Crippen LogP contribution is -2.27. The third kappa shape index (κ3) is 9.15. The van der Waals surface area contributed by atoms with Crippen LogP contribution in [-0.4, -0.2) is 37.7 Å². The van der Waals surface area contributed by atoms with E-state index in [9.17, 15) is 14.4 Å². The molecule has 0 radical (unpaired) electrons. The summed E-state index contributed by atoms with van der Waals surface area (Å²) in [6.07, 6.45) is 5.51. The van der Waals surface area contributed by atoms with Crippen molar-refractivity contribution >= 4 is 17.9 Å². The number of allylic oxidation sites excluding steroid dienone is 2. The van der Waals surface area contributed by atoms with Crippen LogP contribution >= 0.6 is 0 Å². The van der Waals surface area contributed by atoms with E-state index in [0.29, 0.717) is 25.9 Å². The van der Waals surface area contributed by atoms with Crippen LogP contribution < -0.4 is 0 Å². The lowest BCUT2D eigenvalue weighted by Gasteiger charge is -2.12. The van der Waals surface area contributed by atoms with E-state index in [1.165, 1.54) is 0 Å². The third-order valence-corrected chi connectivity index (χ3v) is 2.74. The molecule has 0 spiro atoms. The summed E-state index contributed by atoms with van der Waals surface area (Å²) in [5, 5.41) is 0. The van der Waals surface area contributed by atoms with Crippen molar-refractivity contribution < 1.29 is 28.6 Å². The van der Waals surface area contributed by atoms with Gasteiger partial charge in [0.05, 0.1) is 19.8 Å². The average Bonchev–Trinajstić information content (AvgIpc) is 2.47. The summed E-state index contributed by atoms with van der Waals surface area (Å²) in [6, 6.07) is 0. The first-order valence-electron chi connectivity index (χ1n) is 7.70. The first kappa shape index (κ1) is 20.1. The highest BCUT2D eigenvalue weighted by Gasteiger charge is 2.27. The zero-order valence-electron chi connectivity index (χ0n) is 13.6. The molecule has 126 valence electrons. The fourth-order valence-electron chi connectivity index (χ4n) is 1.72. The van der Waals surface area contributed by atoms with E-state index in [-0.39, 0.29) is 25.6 Å². The Balaban J connectivity index is 4.21. The van der Waals surface area contributed by atoms with Gasteiger partial charge in [-0.15, -0.1) is 0 Å². The van der Waals surface area contributed by atoms with Crippen LogP contribution in [0.1, 0.15) is 46.5 Å². The van der Waals surface area contributed by atoms with Crippen LogP contribution in [0.15, 0.2) is 12.2 Å². The van der Waals surface area contributed by atoms with E-state index >= 15 is 0 Å². The molecule has 0 fully saturated rings. The van der Waals surface area contributed by atoms with Crippen molar-refractivity contribution in [3.63, 3.8) is 0 Å². The standard InChI is InChI=1S/C16H26O6/c1-4-20-14(17)12-10-8-7-9-11-13(15(18)21-5-2)16(19)22-6-3/h7,9,13H,4-6,8,10-12H2,1-3H3. The van der Waals surface area contributed by atoms with Crippen molar-refractivity contribution in [1.82, 2.24) is 0 Å². The summed E-state index contributed by atoms with van der Waals surface area (Å²) < 4.78 is 14.6. The molecule has 0 aromatic carbocycles. The number of hydrogen-bond donors (Lipinski definition) is 0. The summed E-state index contributed by atoms with van der Waals surface area (Å²) in [5.41, 5.74) is 0. The van der Waals surface area contributed by atoms with Gasteiger partial charge in [-0.3, -0.25) is 14.4 Å². The van der Waals surface area contributed by atoms with E-state index < -0.39 is 17.9 Å². The van der Waals surface area contributed by atoms with Gasteiger partial charge in [0.25, 0.3) is 0 Å². The van der Waals surface area contributed by atoms with Gasteiger partial charge >= 0.3 is 17.9 Å². The Morgan fingerprint density at radius 1 is 0.864 bits per heavy atom. The molecule has 6 nitrogen and oxygen atoms in total. The van der Waals surface area contributed by atoms with Crippen LogP contribution in [0.3, 0.4) is 0 Å². The van der Waals surface area contributed by atoms with Crippen molar-refractivity contribution in [2.75, 3.05) is 19.8 Å². The maximum absolute atomic E-state index is 11.7. The van der Waals surface area contributed by atoms with Gasteiger partial charge in [0.2, 0.25) is 0 Å². The zero-order chi connectivity index (χ0) is 16.8. The molecule has 0 saturated heterocycles. The van der Waals surface area contributed by atoms with E-state index in [4.69, 9.17) is 14.2 Å². The Labute approximate surface area is 131 Å². The van der Waals surface area contributed by atoms with Crippen LogP contribution in [0.5, 0.6) is 0 Å². The van der Waals surface area contributed by atoms with Crippen molar-refractivity contribution in [2.24, 2.45) is 5.92 Å². The van der Waals surface area contributed by atoms with Gasteiger partial charge in [0, 0.05) is 6.42 Å². The number of carbonyl (C=O) groups excluding carboxylic acids is 3. The lowest BCUT2D eigenvalue weighted by atomic mass is 10.1. The molecule has 0 unspecified atom stereocenters. The Morgan fingerprint density at radius 2 is 1.41 bits per heavy atom. The minimum absolute atomic E-state index is 0.216. The molecule has 0 aliphatic rings. The molecule has 0 aliphatic carbocycles. The second-order valence-electron chi connectivity index (χ2n) is 4.46. The maximum Gasteiger partial charge on any atom is 0.320 e. The minimum atomic E-state index is -0.929. The normalized spacial score (nSPS) is 10.7. The van der Waals surface area contributed by atoms with E-state index in [1.807, 2.05) is 6.08 Å². The summed E-state index contributed by atoms with van der Waals surface area (Å²) in [4.78, 5) is 34.6. The van der Waals surface area contributed by atoms with E-state index in [0.717, 1.165) is 0 Å². The average molecular weight is 314 g/mol. The predicted octanol–water partition coefficient (Wildman–Crippen LogP) is 2.41. The molecule has 0 aliphatic heterocycles. The van der Waals surface area contributed by atoms with Gasteiger partial charge in [0.15, 0.2) is 5.92 Å². The molecular formula is C16H26O6. The van der Waals surface area contributed by atoms with Crippen molar-refractivity contribution in [3.05, 3.63) is 12.2 Å².